The summed E-state index contributed by atoms with van der Waals surface area (Å²) in [5.41, 5.74) is 1.52. The van der Waals surface area contributed by atoms with E-state index >= 15 is 0 Å². The first-order valence-electron chi connectivity index (χ1n) is 9.42. The lowest BCUT2D eigenvalue weighted by molar-refractivity contribution is -0.121. The number of aromatic amines is 1. The number of nitrogens with zero attached hydrogens (tertiary/aromatic N) is 3. The molecule has 0 atom stereocenters. The Labute approximate surface area is 167 Å². The summed E-state index contributed by atoms with van der Waals surface area (Å²) in [6.07, 6.45) is 1.37. The van der Waals surface area contributed by atoms with Crippen LogP contribution < -0.4 is 21.3 Å². The summed E-state index contributed by atoms with van der Waals surface area (Å²) in [6, 6.07) is 6.10. The normalized spacial score (nSPS) is 11.2. The summed E-state index contributed by atoms with van der Waals surface area (Å²) in [5, 5.41) is 2.77. The number of rotatable bonds is 7. The number of hydrogen-bond donors (Lipinski definition) is 2. The van der Waals surface area contributed by atoms with Gasteiger partial charge in [0.25, 0.3) is 5.56 Å². The van der Waals surface area contributed by atoms with Gasteiger partial charge in [0.1, 0.15) is 18.9 Å². The van der Waals surface area contributed by atoms with Gasteiger partial charge in [0.05, 0.1) is 12.9 Å². The van der Waals surface area contributed by atoms with Gasteiger partial charge in [-0.15, -0.1) is 0 Å². The molecular formula is C20H25N5O4. The van der Waals surface area contributed by atoms with Crippen molar-refractivity contribution in [3.63, 3.8) is 0 Å². The van der Waals surface area contributed by atoms with E-state index in [-0.39, 0.29) is 23.6 Å². The second-order valence-corrected chi connectivity index (χ2v) is 7.26. The molecule has 0 saturated heterocycles. The highest BCUT2D eigenvalue weighted by atomic mass is 16.5. The van der Waals surface area contributed by atoms with E-state index in [9.17, 15) is 14.4 Å². The Morgan fingerprint density at radius 2 is 2.07 bits per heavy atom. The standard InChI is InChI=1S/C20H25N5O4/c1-12(2)14-6-5-13(3)9-15(14)29-8-7-21-16(26)10-25-11-22-18-17(25)19(27)23-20(28)24(18)4/h5-6,9,11-12H,7-8,10H2,1-4H3,(H,21,26)(H,23,27,28). The molecule has 0 radical (unpaired) electrons. The molecule has 2 aromatic heterocycles. The van der Waals surface area contributed by atoms with Crippen LogP contribution in [-0.4, -0.2) is 38.2 Å². The SMILES string of the molecule is Cc1ccc(C(C)C)c(OCCNC(=O)Cn2cnc3c2c(=O)[nH]c(=O)n3C)c1. The number of ether oxygens (including phenoxy) is 1. The number of aromatic nitrogens is 4. The highest BCUT2D eigenvalue weighted by molar-refractivity contribution is 5.78. The van der Waals surface area contributed by atoms with Crippen LogP contribution in [0.1, 0.15) is 30.9 Å². The summed E-state index contributed by atoms with van der Waals surface area (Å²) >= 11 is 0. The van der Waals surface area contributed by atoms with Gasteiger partial charge in [0, 0.05) is 7.05 Å². The van der Waals surface area contributed by atoms with Gasteiger partial charge in [0.2, 0.25) is 5.91 Å². The number of amides is 1. The lowest BCUT2D eigenvalue weighted by atomic mass is 10.0. The fourth-order valence-electron chi connectivity index (χ4n) is 3.11. The van der Waals surface area contributed by atoms with Crippen molar-refractivity contribution in [2.24, 2.45) is 7.05 Å². The first kappa shape index (κ1) is 20.4. The zero-order valence-corrected chi connectivity index (χ0v) is 17.0. The van der Waals surface area contributed by atoms with Gasteiger partial charge < -0.3 is 14.6 Å². The molecule has 0 fully saturated rings. The first-order valence-corrected chi connectivity index (χ1v) is 9.42. The van der Waals surface area contributed by atoms with Crippen molar-refractivity contribution in [1.29, 1.82) is 0 Å². The Morgan fingerprint density at radius 1 is 1.31 bits per heavy atom. The van der Waals surface area contributed by atoms with Crippen molar-refractivity contribution >= 4 is 17.1 Å². The maximum atomic E-state index is 12.3. The molecule has 9 nitrogen and oxygen atoms in total. The van der Waals surface area contributed by atoms with Crippen LogP contribution in [0.3, 0.4) is 0 Å². The van der Waals surface area contributed by atoms with Crippen molar-refractivity contribution in [3.8, 4) is 5.75 Å². The Kier molecular flexibility index (Phi) is 5.86. The number of nitrogens with one attached hydrogen (secondary N) is 2. The Bertz CT molecular complexity index is 1160. The third kappa shape index (κ3) is 4.39. The molecular weight excluding hydrogens is 374 g/mol. The van der Waals surface area contributed by atoms with Crippen LogP contribution in [0.2, 0.25) is 0 Å². The largest absolute Gasteiger partial charge is 0.491 e. The molecule has 3 rings (SSSR count). The summed E-state index contributed by atoms with van der Waals surface area (Å²) < 4.78 is 8.50. The molecule has 9 heteroatoms. The zero-order valence-electron chi connectivity index (χ0n) is 17.0. The maximum absolute atomic E-state index is 12.3. The van der Waals surface area contributed by atoms with Crippen molar-refractivity contribution in [2.45, 2.75) is 33.2 Å². The van der Waals surface area contributed by atoms with E-state index in [1.807, 2.05) is 13.0 Å². The number of benzene rings is 1. The molecule has 0 spiro atoms. The zero-order chi connectivity index (χ0) is 21.1. The quantitative estimate of drug-likeness (QED) is 0.577. The smallest absolute Gasteiger partial charge is 0.329 e. The van der Waals surface area contributed by atoms with Crippen LogP contribution in [0.5, 0.6) is 5.75 Å². The monoisotopic (exact) mass is 399 g/mol. The van der Waals surface area contributed by atoms with Crippen molar-refractivity contribution in [1.82, 2.24) is 24.4 Å². The number of aryl methyl sites for hydroxylation is 2. The third-order valence-electron chi connectivity index (χ3n) is 4.66. The van der Waals surface area contributed by atoms with Gasteiger partial charge in [-0.05, 0) is 30.0 Å². The fraction of sp³-hybridized carbons (Fsp3) is 0.400. The van der Waals surface area contributed by atoms with E-state index in [2.05, 4.69) is 41.3 Å². The number of hydrogen-bond acceptors (Lipinski definition) is 5. The molecule has 2 heterocycles. The van der Waals surface area contributed by atoms with Gasteiger partial charge in [-0.25, -0.2) is 9.78 Å². The highest BCUT2D eigenvalue weighted by Gasteiger charge is 2.14. The summed E-state index contributed by atoms with van der Waals surface area (Å²) in [4.78, 5) is 42.2. The topological polar surface area (TPSA) is 111 Å². The second kappa shape index (κ2) is 8.34. The molecule has 2 N–H and O–H groups in total. The van der Waals surface area contributed by atoms with E-state index in [1.165, 1.54) is 22.5 Å². The predicted molar refractivity (Wildman–Crippen MR) is 109 cm³/mol. The van der Waals surface area contributed by atoms with Crippen molar-refractivity contribution in [2.75, 3.05) is 13.2 Å². The third-order valence-corrected chi connectivity index (χ3v) is 4.66. The number of H-pyrrole nitrogens is 1. The summed E-state index contributed by atoms with van der Waals surface area (Å²) in [7, 11) is 1.51. The number of carbonyl (C=O) groups is 1. The summed E-state index contributed by atoms with van der Waals surface area (Å²) in [6.45, 7) is 6.78. The lowest BCUT2D eigenvalue weighted by Crippen LogP contribution is -2.33. The van der Waals surface area contributed by atoms with Gasteiger partial charge >= 0.3 is 5.69 Å². The van der Waals surface area contributed by atoms with Crippen LogP contribution in [-0.2, 0) is 18.4 Å². The van der Waals surface area contributed by atoms with E-state index in [1.54, 1.807) is 0 Å². The first-order chi connectivity index (χ1) is 13.8. The number of imidazole rings is 1. The minimum absolute atomic E-state index is 0.0839. The molecule has 0 saturated carbocycles. The molecule has 1 amide bonds. The van der Waals surface area contributed by atoms with E-state index in [0.29, 0.717) is 19.1 Å². The minimum Gasteiger partial charge on any atom is -0.491 e. The number of carbonyl (C=O) groups excluding carboxylic acids is 1. The Balaban J connectivity index is 1.60. The van der Waals surface area contributed by atoms with Crippen LogP contribution in [0.15, 0.2) is 34.1 Å². The molecule has 1 aromatic carbocycles. The summed E-state index contributed by atoms with van der Waals surface area (Å²) in [5.74, 6) is 0.876. The van der Waals surface area contributed by atoms with Gasteiger partial charge in [0.15, 0.2) is 11.2 Å². The maximum Gasteiger partial charge on any atom is 0.329 e. The lowest BCUT2D eigenvalue weighted by Gasteiger charge is -2.15. The molecule has 0 aliphatic rings. The molecule has 0 unspecified atom stereocenters. The number of fused-ring (bicyclic) bond motifs is 1. The molecule has 0 aliphatic carbocycles. The van der Waals surface area contributed by atoms with E-state index in [0.717, 1.165) is 16.9 Å². The minimum atomic E-state index is -0.572. The Morgan fingerprint density at radius 3 is 2.79 bits per heavy atom. The van der Waals surface area contributed by atoms with E-state index < -0.39 is 11.2 Å². The average molecular weight is 399 g/mol. The molecule has 0 aliphatic heterocycles. The highest BCUT2D eigenvalue weighted by Crippen LogP contribution is 2.27. The Hall–Kier alpha value is -3.36. The van der Waals surface area contributed by atoms with Gasteiger partial charge in [-0.3, -0.25) is 19.1 Å². The van der Waals surface area contributed by atoms with Gasteiger partial charge in [-0.1, -0.05) is 26.0 Å². The van der Waals surface area contributed by atoms with Crippen molar-refractivity contribution < 1.29 is 9.53 Å². The predicted octanol–water partition coefficient (Wildman–Crippen LogP) is 1.05. The second-order valence-electron chi connectivity index (χ2n) is 7.26. The van der Waals surface area contributed by atoms with Crippen LogP contribution in [0, 0.1) is 6.92 Å². The van der Waals surface area contributed by atoms with Crippen LogP contribution in [0.25, 0.3) is 11.2 Å². The molecule has 0 bridgehead atoms. The van der Waals surface area contributed by atoms with Crippen LogP contribution in [0.4, 0.5) is 0 Å². The van der Waals surface area contributed by atoms with Crippen molar-refractivity contribution in [3.05, 3.63) is 56.5 Å². The van der Waals surface area contributed by atoms with Crippen LogP contribution >= 0.6 is 0 Å². The average Bonchev–Trinajstić information content (AvgIpc) is 3.07. The fourth-order valence-corrected chi connectivity index (χ4v) is 3.11. The van der Waals surface area contributed by atoms with E-state index in [4.69, 9.17) is 4.74 Å². The molecule has 154 valence electrons. The molecule has 3 aromatic rings. The van der Waals surface area contributed by atoms with Gasteiger partial charge in [-0.2, -0.15) is 0 Å². The molecule has 29 heavy (non-hydrogen) atoms.